The molecular weight excluding hydrogens is 322 g/mol. The zero-order valence-electron chi connectivity index (χ0n) is 17.0. The Hall–Kier alpha value is -1.06. The largest absolute Gasteiger partial charge is 0.369 e. The molecule has 1 heterocycles. The van der Waals surface area contributed by atoms with Gasteiger partial charge in [-0.3, -0.25) is 9.69 Å². The second kappa shape index (κ2) is 8.75. The van der Waals surface area contributed by atoms with Crippen LogP contribution < -0.4 is 5.73 Å². The Morgan fingerprint density at radius 3 is 2.19 bits per heavy atom. The van der Waals surface area contributed by atoms with E-state index in [1.165, 1.54) is 64.2 Å². The molecule has 3 aliphatic rings. The summed E-state index contributed by atoms with van der Waals surface area (Å²) in [5.74, 6) is 2.52. The van der Waals surface area contributed by atoms with Crippen molar-refractivity contribution < 1.29 is 4.79 Å². The molecule has 0 saturated heterocycles. The van der Waals surface area contributed by atoms with Gasteiger partial charge >= 0.3 is 0 Å². The quantitative estimate of drug-likeness (QED) is 0.703. The third kappa shape index (κ3) is 4.61. The summed E-state index contributed by atoms with van der Waals surface area (Å²) in [6.07, 6.45) is 16.2. The fourth-order valence-electron chi connectivity index (χ4n) is 5.41. The van der Waals surface area contributed by atoms with E-state index >= 15 is 0 Å². The van der Waals surface area contributed by atoms with Crippen molar-refractivity contribution in [3.63, 3.8) is 0 Å². The molecule has 0 radical (unpaired) electrons. The molecule has 1 aliphatic heterocycles. The van der Waals surface area contributed by atoms with E-state index in [0.29, 0.717) is 24.3 Å². The highest BCUT2D eigenvalue weighted by Gasteiger charge is 2.48. The summed E-state index contributed by atoms with van der Waals surface area (Å²) < 4.78 is 0. The van der Waals surface area contributed by atoms with E-state index in [4.69, 9.17) is 10.7 Å². The smallest absolute Gasteiger partial charge is 0.257 e. The van der Waals surface area contributed by atoms with Crippen molar-refractivity contribution >= 4 is 11.9 Å². The lowest BCUT2D eigenvalue weighted by Gasteiger charge is -2.33. The summed E-state index contributed by atoms with van der Waals surface area (Å²) in [6, 6.07) is 0. The molecule has 0 bridgehead atoms. The van der Waals surface area contributed by atoms with E-state index in [1.807, 2.05) is 0 Å². The van der Waals surface area contributed by atoms with Crippen molar-refractivity contribution in [2.75, 3.05) is 6.54 Å². The predicted molar refractivity (Wildman–Crippen MR) is 108 cm³/mol. The van der Waals surface area contributed by atoms with Crippen LogP contribution in [0.3, 0.4) is 0 Å². The van der Waals surface area contributed by atoms with Gasteiger partial charge in [0.05, 0.1) is 0 Å². The molecule has 0 aromatic heterocycles. The fourth-order valence-corrected chi connectivity index (χ4v) is 5.41. The highest BCUT2D eigenvalue weighted by atomic mass is 16.2. The Morgan fingerprint density at radius 1 is 1.04 bits per heavy atom. The molecule has 4 nitrogen and oxygen atoms in total. The van der Waals surface area contributed by atoms with Crippen molar-refractivity contribution in [3.8, 4) is 0 Å². The second-order valence-electron chi connectivity index (χ2n) is 9.56. The number of rotatable bonds is 7. The molecule has 2 fully saturated rings. The summed E-state index contributed by atoms with van der Waals surface area (Å²) >= 11 is 0. The molecule has 2 N–H and O–H groups in total. The van der Waals surface area contributed by atoms with E-state index in [1.54, 1.807) is 4.90 Å². The number of nitrogens with zero attached hydrogens (tertiary/aromatic N) is 2. The van der Waals surface area contributed by atoms with Gasteiger partial charge in [-0.15, -0.1) is 0 Å². The molecule has 1 atom stereocenters. The van der Waals surface area contributed by atoms with Crippen LogP contribution in [0.4, 0.5) is 0 Å². The van der Waals surface area contributed by atoms with Gasteiger partial charge in [0.2, 0.25) is 0 Å². The van der Waals surface area contributed by atoms with E-state index < -0.39 is 5.54 Å². The van der Waals surface area contributed by atoms with E-state index in [-0.39, 0.29) is 5.91 Å². The average molecular weight is 362 g/mol. The Balaban J connectivity index is 1.73. The number of aliphatic imine (C=N–C) groups is 1. The molecule has 3 rings (SSSR count). The van der Waals surface area contributed by atoms with Crippen LogP contribution in [0.2, 0.25) is 0 Å². The maximum Gasteiger partial charge on any atom is 0.257 e. The average Bonchev–Trinajstić information content (AvgIpc) is 2.86. The van der Waals surface area contributed by atoms with E-state index in [2.05, 4.69) is 13.8 Å². The van der Waals surface area contributed by atoms with Gasteiger partial charge in [0.1, 0.15) is 5.54 Å². The highest BCUT2D eigenvalue weighted by molar-refractivity contribution is 6.06. The number of carbonyl (C=O) groups excluding carboxylic acids is 1. The van der Waals surface area contributed by atoms with Crippen molar-refractivity contribution in [1.29, 1.82) is 0 Å². The lowest BCUT2D eigenvalue weighted by molar-refractivity contribution is -0.132. The molecule has 0 aromatic carbocycles. The first-order valence-electron chi connectivity index (χ1n) is 11.2. The highest BCUT2D eigenvalue weighted by Crippen LogP contribution is 2.40. The second-order valence-corrected chi connectivity index (χ2v) is 9.56. The minimum Gasteiger partial charge on any atom is -0.369 e. The standard InChI is InChI=1S/C22H39N3O/c1-17(2)16-25-20(26)22(24-21(25)23,15-19-11-7-4-8-12-19)14-13-18-9-5-3-6-10-18/h17-19H,3-16H2,1-2H3,(H2,23,24). The Bertz CT molecular complexity index is 504. The van der Waals surface area contributed by atoms with E-state index in [9.17, 15) is 4.79 Å². The SMILES string of the molecule is CC(C)CN1C(=O)C(CCC2CCCCC2)(CC2CCCCC2)N=C1N. The molecule has 0 spiro atoms. The lowest BCUT2D eigenvalue weighted by atomic mass is 9.75. The zero-order valence-corrected chi connectivity index (χ0v) is 17.0. The summed E-state index contributed by atoms with van der Waals surface area (Å²) in [4.78, 5) is 20.1. The molecule has 4 heteroatoms. The Morgan fingerprint density at radius 2 is 1.62 bits per heavy atom. The van der Waals surface area contributed by atoms with Gasteiger partial charge in [0.15, 0.2) is 5.96 Å². The molecule has 26 heavy (non-hydrogen) atoms. The summed E-state index contributed by atoms with van der Waals surface area (Å²) in [7, 11) is 0. The third-order valence-electron chi connectivity index (χ3n) is 6.84. The number of carbonyl (C=O) groups is 1. The van der Waals surface area contributed by atoms with Crippen LogP contribution in [0.1, 0.15) is 97.3 Å². The van der Waals surface area contributed by atoms with Crippen LogP contribution in [-0.4, -0.2) is 28.9 Å². The monoisotopic (exact) mass is 361 g/mol. The normalized spacial score (nSPS) is 28.8. The maximum absolute atomic E-state index is 13.5. The minimum absolute atomic E-state index is 0.199. The van der Waals surface area contributed by atoms with Gasteiger partial charge in [-0.05, 0) is 37.0 Å². The number of hydrogen-bond donors (Lipinski definition) is 1. The first-order chi connectivity index (χ1) is 12.5. The van der Waals surface area contributed by atoms with Gasteiger partial charge < -0.3 is 5.73 Å². The predicted octanol–water partition coefficient (Wildman–Crippen LogP) is 4.87. The first-order valence-corrected chi connectivity index (χ1v) is 11.2. The lowest BCUT2D eigenvalue weighted by Crippen LogP contribution is -2.46. The molecule has 1 unspecified atom stereocenters. The van der Waals surface area contributed by atoms with Crippen LogP contribution in [-0.2, 0) is 4.79 Å². The number of nitrogens with two attached hydrogens (primary N) is 1. The maximum atomic E-state index is 13.5. The summed E-state index contributed by atoms with van der Waals surface area (Å²) in [5.41, 5.74) is 5.71. The fraction of sp³-hybridized carbons (Fsp3) is 0.909. The van der Waals surface area contributed by atoms with Gasteiger partial charge in [-0.1, -0.05) is 78.1 Å². The summed E-state index contributed by atoms with van der Waals surface area (Å²) in [6.45, 7) is 4.98. The Kier molecular flexibility index (Phi) is 6.63. The number of hydrogen-bond acceptors (Lipinski definition) is 3. The van der Waals surface area contributed by atoms with Gasteiger partial charge in [0.25, 0.3) is 5.91 Å². The van der Waals surface area contributed by atoms with Crippen LogP contribution in [0.15, 0.2) is 4.99 Å². The van der Waals surface area contributed by atoms with Crippen molar-refractivity contribution in [2.45, 2.75) is 103 Å². The van der Waals surface area contributed by atoms with E-state index in [0.717, 1.165) is 25.2 Å². The van der Waals surface area contributed by atoms with Gasteiger partial charge in [0, 0.05) is 6.54 Å². The molecule has 1 amide bonds. The molecule has 148 valence electrons. The number of amides is 1. The third-order valence-corrected chi connectivity index (χ3v) is 6.84. The molecular formula is C22H39N3O. The molecule has 2 aliphatic carbocycles. The van der Waals surface area contributed by atoms with Crippen LogP contribution in [0, 0.1) is 17.8 Å². The van der Waals surface area contributed by atoms with Crippen LogP contribution in [0.5, 0.6) is 0 Å². The topological polar surface area (TPSA) is 58.7 Å². The van der Waals surface area contributed by atoms with Crippen LogP contribution in [0.25, 0.3) is 0 Å². The van der Waals surface area contributed by atoms with Crippen molar-refractivity contribution in [1.82, 2.24) is 4.90 Å². The summed E-state index contributed by atoms with van der Waals surface area (Å²) in [5, 5.41) is 0. The zero-order chi connectivity index (χ0) is 18.6. The van der Waals surface area contributed by atoms with Crippen molar-refractivity contribution in [2.24, 2.45) is 28.5 Å². The number of guanidine groups is 1. The van der Waals surface area contributed by atoms with Crippen LogP contribution >= 0.6 is 0 Å². The Labute approximate surface area is 160 Å². The molecule has 0 aromatic rings. The van der Waals surface area contributed by atoms with Gasteiger partial charge in [-0.25, -0.2) is 4.99 Å². The van der Waals surface area contributed by atoms with Crippen molar-refractivity contribution in [3.05, 3.63) is 0 Å². The van der Waals surface area contributed by atoms with Gasteiger partial charge in [-0.2, -0.15) is 0 Å². The first kappa shape index (κ1) is 19.7. The minimum atomic E-state index is -0.557. The molecule has 2 saturated carbocycles.